The Hall–Kier alpha value is -3.07. The van der Waals surface area contributed by atoms with Crippen molar-refractivity contribution in [2.75, 3.05) is 19.5 Å². The van der Waals surface area contributed by atoms with E-state index in [2.05, 4.69) is 20.6 Å². The number of carbonyl (C=O) groups excluding carboxylic acids is 2. The molecule has 2 amide bonds. The molecule has 3 N–H and O–H groups in total. The summed E-state index contributed by atoms with van der Waals surface area (Å²) in [5.41, 5.74) is 1.05. The van der Waals surface area contributed by atoms with Gasteiger partial charge >= 0.3 is 0 Å². The van der Waals surface area contributed by atoms with Crippen molar-refractivity contribution in [3.63, 3.8) is 0 Å². The van der Waals surface area contributed by atoms with Crippen LogP contribution in [0.4, 0.5) is 5.13 Å². The monoisotopic (exact) mass is 374 g/mol. The Balaban J connectivity index is 1.76. The molecule has 0 saturated carbocycles. The van der Waals surface area contributed by atoms with Crippen molar-refractivity contribution >= 4 is 39.2 Å². The highest BCUT2D eigenvalue weighted by molar-refractivity contribution is 7.13. The van der Waals surface area contributed by atoms with E-state index in [9.17, 15) is 9.59 Å². The lowest BCUT2D eigenvalue weighted by Crippen LogP contribution is -2.41. The predicted molar refractivity (Wildman–Crippen MR) is 99.1 cm³/mol. The lowest BCUT2D eigenvalue weighted by Gasteiger charge is -2.12. The molecule has 136 valence electrons. The zero-order chi connectivity index (χ0) is 18.7. The second-order valence-electron chi connectivity index (χ2n) is 5.47. The maximum Gasteiger partial charge on any atom is 0.268 e. The topological polar surface area (TPSA) is 105 Å². The van der Waals surface area contributed by atoms with Crippen LogP contribution in [0.25, 0.3) is 10.9 Å². The Kier molecular flexibility index (Phi) is 5.08. The third-order valence-corrected chi connectivity index (χ3v) is 4.48. The maximum absolute atomic E-state index is 12.5. The van der Waals surface area contributed by atoms with Crippen LogP contribution in [0.1, 0.15) is 17.4 Å². The summed E-state index contributed by atoms with van der Waals surface area (Å²) in [5, 5.41) is 8.26. The molecule has 8 nitrogen and oxygen atoms in total. The first kappa shape index (κ1) is 17.7. The number of hydrogen-bond donors (Lipinski definition) is 3. The number of rotatable bonds is 6. The number of ether oxygens (including phenoxy) is 2. The summed E-state index contributed by atoms with van der Waals surface area (Å²) in [6.07, 6.45) is 1.59. The van der Waals surface area contributed by atoms with E-state index in [1.807, 2.05) is 0 Å². The van der Waals surface area contributed by atoms with Crippen LogP contribution in [0.2, 0.25) is 0 Å². The largest absolute Gasteiger partial charge is 0.493 e. The van der Waals surface area contributed by atoms with Gasteiger partial charge in [-0.3, -0.25) is 9.59 Å². The third kappa shape index (κ3) is 3.47. The van der Waals surface area contributed by atoms with Gasteiger partial charge in [-0.25, -0.2) is 4.98 Å². The highest BCUT2D eigenvalue weighted by Crippen LogP contribution is 2.35. The second kappa shape index (κ2) is 7.44. The number of aromatic amines is 1. The number of methoxy groups -OCH3 is 2. The lowest BCUT2D eigenvalue weighted by atomic mass is 10.2. The first-order chi connectivity index (χ1) is 12.5. The molecule has 0 radical (unpaired) electrons. The fraction of sp³-hybridized carbons (Fsp3) is 0.235. The summed E-state index contributed by atoms with van der Waals surface area (Å²) in [4.78, 5) is 31.6. The fourth-order valence-corrected chi connectivity index (χ4v) is 3.02. The average Bonchev–Trinajstić information content (AvgIpc) is 3.29. The van der Waals surface area contributed by atoms with E-state index >= 15 is 0 Å². The van der Waals surface area contributed by atoms with Gasteiger partial charge in [0.25, 0.3) is 5.91 Å². The number of benzene rings is 1. The van der Waals surface area contributed by atoms with Crippen LogP contribution < -0.4 is 20.1 Å². The van der Waals surface area contributed by atoms with Gasteiger partial charge in [0.15, 0.2) is 16.6 Å². The number of anilines is 1. The molecule has 0 aliphatic rings. The first-order valence-electron chi connectivity index (χ1n) is 7.78. The summed E-state index contributed by atoms with van der Waals surface area (Å²) >= 11 is 1.31. The molecule has 3 aromatic rings. The van der Waals surface area contributed by atoms with Gasteiger partial charge in [0, 0.05) is 17.0 Å². The SMILES string of the molecule is COc1ccc2[nH]c(C(=O)NC(C)C(=O)Nc3nccs3)cc2c1OC. The highest BCUT2D eigenvalue weighted by atomic mass is 32.1. The molecule has 0 aliphatic heterocycles. The summed E-state index contributed by atoms with van der Waals surface area (Å²) < 4.78 is 10.6. The molecule has 1 unspecified atom stereocenters. The molecular weight excluding hydrogens is 356 g/mol. The summed E-state index contributed by atoms with van der Waals surface area (Å²) in [5.74, 6) is 0.365. The highest BCUT2D eigenvalue weighted by Gasteiger charge is 2.20. The zero-order valence-corrected chi connectivity index (χ0v) is 15.3. The van der Waals surface area contributed by atoms with E-state index in [1.165, 1.54) is 18.4 Å². The van der Waals surface area contributed by atoms with Crippen LogP contribution >= 0.6 is 11.3 Å². The van der Waals surface area contributed by atoms with E-state index in [-0.39, 0.29) is 5.91 Å². The van der Waals surface area contributed by atoms with Crippen molar-refractivity contribution in [2.24, 2.45) is 0 Å². The van der Waals surface area contributed by atoms with Gasteiger partial charge in [-0.2, -0.15) is 0 Å². The van der Waals surface area contributed by atoms with E-state index in [4.69, 9.17) is 9.47 Å². The maximum atomic E-state index is 12.5. The lowest BCUT2D eigenvalue weighted by molar-refractivity contribution is -0.117. The van der Waals surface area contributed by atoms with Gasteiger partial charge in [-0.15, -0.1) is 11.3 Å². The van der Waals surface area contributed by atoms with Crippen LogP contribution in [-0.4, -0.2) is 42.0 Å². The first-order valence-corrected chi connectivity index (χ1v) is 8.66. The minimum Gasteiger partial charge on any atom is -0.493 e. The molecule has 0 saturated heterocycles. The predicted octanol–water partition coefficient (Wildman–Crippen LogP) is 2.40. The van der Waals surface area contributed by atoms with E-state index in [1.54, 1.807) is 43.8 Å². The van der Waals surface area contributed by atoms with Crippen LogP contribution in [0.15, 0.2) is 29.8 Å². The van der Waals surface area contributed by atoms with Crippen molar-refractivity contribution in [2.45, 2.75) is 13.0 Å². The zero-order valence-electron chi connectivity index (χ0n) is 14.5. The number of hydrogen-bond acceptors (Lipinski definition) is 6. The van der Waals surface area contributed by atoms with Gasteiger partial charge in [-0.1, -0.05) is 0 Å². The molecule has 2 aromatic heterocycles. The summed E-state index contributed by atoms with van der Waals surface area (Å²) in [6.45, 7) is 1.60. The van der Waals surface area contributed by atoms with Crippen LogP contribution in [-0.2, 0) is 4.79 Å². The Labute approximate surface area is 153 Å². The number of carbonyl (C=O) groups is 2. The fourth-order valence-electron chi connectivity index (χ4n) is 2.49. The molecule has 2 heterocycles. The molecule has 0 aliphatic carbocycles. The Bertz CT molecular complexity index is 936. The van der Waals surface area contributed by atoms with Crippen LogP contribution in [0.3, 0.4) is 0 Å². The van der Waals surface area contributed by atoms with Gasteiger partial charge in [0.1, 0.15) is 11.7 Å². The summed E-state index contributed by atoms with van der Waals surface area (Å²) in [7, 11) is 3.09. The number of aromatic nitrogens is 2. The molecule has 9 heteroatoms. The van der Waals surface area contributed by atoms with E-state index < -0.39 is 11.9 Å². The molecule has 1 aromatic carbocycles. The number of fused-ring (bicyclic) bond motifs is 1. The number of nitrogens with zero attached hydrogens (tertiary/aromatic N) is 1. The normalized spacial score (nSPS) is 11.8. The molecular formula is C17H18N4O4S. The van der Waals surface area contributed by atoms with Crippen molar-refractivity contribution in [3.8, 4) is 11.5 Å². The third-order valence-electron chi connectivity index (χ3n) is 3.79. The number of thiazole rings is 1. The standard InChI is InChI=1S/C17H18N4O4S/c1-9(15(22)21-17-18-6-7-26-17)19-16(23)12-8-10-11(20-12)4-5-13(24-2)14(10)25-3/h4-9,20H,1-3H3,(H,19,23)(H,18,21,22). The van der Waals surface area contributed by atoms with Crippen molar-refractivity contribution in [3.05, 3.63) is 35.5 Å². The van der Waals surface area contributed by atoms with Gasteiger partial charge in [-0.05, 0) is 25.1 Å². The minimum atomic E-state index is -0.728. The average molecular weight is 374 g/mol. The summed E-state index contributed by atoms with van der Waals surface area (Å²) in [6, 6.07) is 4.49. The number of amides is 2. The van der Waals surface area contributed by atoms with Crippen LogP contribution in [0.5, 0.6) is 11.5 Å². The van der Waals surface area contributed by atoms with E-state index in [0.29, 0.717) is 22.3 Å². The molecule has 0 spiro atoms. The van der Waals surface area contributed by atoms with Crippen molar-refractivity contribution in [1.29, 1.82) is 0 Å². The van der Waals surface area contributed by atoms with Crippen LogP contribution in [0, 0.1) is 0 Å². The van der Waals surface area contributed by atoms with Gasteiger partial charge in [0.05, 0.1) is 19.7 Å². The molecule has 0 bridgehead atoms. The second-order valence-corrected chi connectivity index (χ2v) is 6.36. The molecule has 0 fully saturated rings. The Morgan fingerprint density at radius 1 is 1.27 bits per heavy atom. The molecule has 26 heavy (non-hydrogen) atoms. The minimum absolute atomic E-state index is 0.320. The Morgan fingerprint density at radius 3 is 2.73 bits per heavy atom. The molecule has 3 rings (SSSR count). The van der Waals surface area contributed by atoms with Crippen molar-refractivity contribution in [1.82, 2.24) is 15.3 Å². The molecule has 1 atom stereocenters. The quantitative estimate of drug-likeness (QED) is 0.614. The number of nitrogens with one attached hydrogen (secondary N) is 3. The van der Waals surface area contributed by atoms with Crippen molar-refractivity contribution < 1.29 is 19.1 Å². The smallest absolute Gasteiger partial charge is 0.268 e. The Morgan fingerprint density at radius 2 is 2.08 bits per heavy atom. The van der Waals surface area contributed by atoms with E-state index in [0.717, 1.165) is 10.9 Å². The number of H-pyrrole nitrogens is 1. The van der Waals surface area contributed by atoms with Gasteiger partial charge < -0.3 is 25.1 Å². The van der Waals surface area contributed by atoms with Gasteiger partial charge in [0.2, 0.25) is 5.91 Å².